The second kappa shape index (κ2) is 7.72. The predicted molar refractivity (Wildman–Crippen MR) is 108 cm³/mol. The van der Waals surface area contributed by atoms with Crippen molar-refractivity contribution in [3.63, 3.8) is 0 Å². The molecule has 7 heteroatoms. The third-order valence-corrected chi connectivity index (χ3v) is 4.84. The molecule has 7 nitrogen and oxygen atoms in total. The van der Waals surface area contributed by atoms with E-state index < -0.39 is 0 Å². The van der Waals surface area contributed by atoms with Crippen LogP contribution in [0.2, 0.25) is 0 Å². The number of carbonyl (C=O) groups excluding carboxylic acids is 1. The van der Waals surface area contributed by atoms with E-state index >= 15 is 0 Å². The molecule has 4 rings (SSSR count). The Labute approximate surface area is 163 Å². The lowest BCUT2D eigenvalue weighted by molar-refractivity contribution is 0.102. The van der Waals surface area contributed by atoms with E-state index in [9.17, 15) is 4.79 Å². The van der Waals surface area contributed by atoms with E-state index in [0.29, 0.717) is 28.7 Å². The third kappa shape index (κ3) is 3.43. The van der Waals surface area contributed by atoms with Crippen LogP contribution in [0.3, 0.4) is 0 Å². The second-order valence-electron chi connectivity index (χ2n) is 6.60. The van der Waals surface area contributed by atoms with E-state index in [1.165, 1.54) is 7.11 Å². The maximum absolute atomic E-state index is 13.0. The van der Waals surface area contributed by atoms with Gasteiger partial charge in [-0.3, -0.25) is 4.79 Å². The van der Waals surface area contributed by atoms with Crippen molar-refractivity contribution in [2.24, 2.45) is 0 Å². The molecule has 0 bridgehead atoms. The Kier molecular flexibility index (Phi) is 4.97. The number of amides is 1. The number of para-hydroxylation sites is 2. The fourth-order valence-corrected chi connectivity index (χ4v) is 3.39. The molecule has 144 valence electrons. The standard InChI is InChI=1S/C21H22N4O3/c1-27-14-9-10-18(28-2)15(13-14)21(26)24-19-20(25-11-5-6-12-25)23-17-8-4-3-7-16(17)22-19/h3-4,7-10,13H,5-6,11-12H2,1-2H3,(H,22,24,26). The molecule has 0 aliphatic carbocycles. The summed E-state index contributed by atoms with van der Waals surface area (Å²) < 4.78 is 10.6. The monoisotopic (exact) mass is 378 g/mol. The summed E-state index contributed by atoms with van der Waals surface area (Å²) in [6.07, 6.45) is 2.21. The minimum atomic E-state index is -0.319. The van der Waals surface area contributed by atoms with Crippen molar-refractivity contribution < 1.29 is 14.3 Å². The van der Waals surface area contributed by atoms with Crippen LogP contribution < -0.4 is 19.7 Å². The van der Waals surface area contributed by atoms with Crippen molar-refractivity contribution in [1.29, 1.82) is 0 Å². The molecule has 2 aromatic carbocycles. The molecule has 1 aliphatic rings. The number of carbonyl (C=O) groups is 1. The largest absolute Gasteiger partial charge is 0.497 e. The topological polar surface area (TPSA) is 76.6 Å². The summed E-state index contributed by atoms with van der Waals surface area (Å²) in [4.78, 5) is 24.6. The zero-order valence-corrected chi connectivity index (χ0v) is 15.9. The molecule has 0 atom stereocenters. The quantitative estimate of drug-likeness (QED) is 0.732. The van der Waals surface area contributed by atoms with E-state index in [-0.39, 0.29) is 5.91 Å². The number of rotatable bonds is 5. The van der Waals surface area contributed by atoms with Crippen LogP contribution in [-0.4, -0.2) is 43.2 Å². The van der Waals surface area contributed by atoms with E-state index in [0.717, 1.165) is 37.0 Å². The minimum Gasteiger partial charge on any atom is -0.497 e. The van der Waals surface area contributed by atoms with E-state index in [4.69, 9.17) is 14.5 Å². The lowest BCUT2D eigenvalue weighted by Crippen LogP contribution is -2.23. The summed E-state index contributed by atoms with van der Waals surface area (Å²) in [6.45, 7) is 1.80. The van der Waals surface area contributed by atoms with E-state index in [1.807, 2.05) is 24.3 Å². The van der Waals surface area contributed by atoms with Crippen LogP contribution in [0.5, 0.6) is 11.5 Å². The summed E-state index contributed by atoms with van der Waals surface area (Å²) in [7, 11) is 3.09. The van der Waals surface area contributed by atoms with Gasteiger partial charge in [-0.15, -0.1) is 0 Å². The van der Waals surface area contributed by atoms with Crippen LogP contribution in [0, 0.1) is 0 Å². The Morgan fingerprint density at radius 1 is 1.00 bits per heavy atom. The number of nitrogens with one attached hydrogen (secondary N) is 1. The fraction of sp³-hybridized carbons (Fsp3) is 0.286. The minimum absolute atomic E-state index is 0.319. The van der Waals surface area contributed by atoms with Crippen LogP contribution in [0.25, 0.3) is 11.0 Å². The lowest BCUT2D eigenvalue weighted by Gasteiger charge is -2.20. The van der Waals surface area contributed by atoms with Gasteiger partial charge in [0.15, 0.2) is 11.6 Å². The number of nitrogens with zero attached hydrogens (tertiary/aromatic N) is 3. The average molecular weight is 378 g/mol. The summed E-state index contributed by atoms with van der Waals surface area (Å²) >= 11 is 0. The molecule has 0 radical (unpaired) electrons. The normalized spacial score (nSPS) is 13.6. The van der Waals surface area contributed by atoms with Crippen LogP contribution in [-0.2, 0) is 0 Å². The lowest BCUT2D eigenvalue weighted by atomic mass is 10.1. The molecule has 1 N–H and O–H groups in total. The summed E-state index contributed by atoms with van der Waals surface area (Å²) in [5.41, 5.74) is 1.92. The first-order valence-electron chi connectivity index (χ1n) is 9.24. The molecule has 1 aliphatic heterocycles. The predicted octanol–water partition coefficient (Wildman–Crippen LogP) is 3.50. The first-order chi connectivity index (χ1) is 13.7. The maximum atomic E-state index is 13.0. The van der Waals surface area contributed by atoms with Crippen LogP contribution in [0.15, 0.2) is 42.5 Å². The van der Waals surface area contributed by atoms with Gasteiger partial charge in [-0.1, -0.05) is 12.1 Å². The molecule has 1 amide bonds. The number of aromatic nitrogens is 2. The third-order valence-electron chi connectivity index (χ3n) is 4.84. The number of fused-ring (bicyclic) bond motifs is 1. The number of benzene rings is 2. The molecule has 2 heterocycles. The fourth-order valence-electron chi connectivity index (χ4n) is 3.39. The number of ether oxygens (including phenoxy) is 2. The first kappa shape index (κ1) is 18.0. The van der Waals surface area contributed by atoms with Crippen molar-refractivity contribution in [1.82, 2.24) is 9.97 Å². The SMILES string of the molecule is COc1ccc(OC)c(C(=O)Nc2nc3ccccc3nc2N2CCCC2)c1. The molecule has 0 spiro atoms. The summed E-state index contributed by atoms with van der Waals surface area (Å²) in [5.74, 6) is 1.88. The Morgan fingerprint density at radius 2 is 1.71 bits per heavy atom. The Bertz CT molecular complexity index is 1020. The van der Waals surface area contributed by atoms with E-state index in [2.05, 4.69) is 15.2 Å². The van der Waals surface area contributed by atoms with Crippen molar-refractivity contribution in [3.8, 4) is 11.5 Å². The van der Waals surface area contributed by atoms with Crippen LogP contribution >= 0.6 is 0 Å². The highest BCUT2D eigenvalue weighted by molar-refractivity contribution is 6.07. The molecule has 1 fully saturated rings. The van der Waals surface area contributed by atoms with Gasteiger partial charge in [-0.05, 0) is 43.2 Å². The molecule has 0 saturated carbocycles. The number of hydrogen-bond acceptors (Lipinski definition) is 6. The van der Waals surface area contributed by atoms with Gasteiger partial charge in [0.2, 0.25) is 0 Å². The van der Waals surface area contributed by atoms with Gasteiger partial charge in [-0.2, -0.15) is 0 Å². The molecular weight excluding hydrogens is 356 g/mol. The zero-order chi connectivity index (χ0) is 19.5. The number of methoxy groups -OCH3 is 2. The highest BCUT2D eigenvalue weighted by atomic mass is 16.5. The number of hydrogen-bond donors (Lipinski definition) is 1. The van der Waals surface area contributed by atoms with E-state index in [1.54, 1.807) is 25.3 Å². The second-order valence-corrected chi connectivity index (χ2v) is 6.60. The number of anilines is 2. The Balaban J connectivity index is 1.74. The average Bonchev–Trinajstić information content (AvgIpc) is 3.27. The van der Waals surface area contributed by atoms with Crippen LogP contribution in [0.1, 0.15) is 23.2 Å². The van der Waals surface area contributed by atoms with Crippen molar-refractivity contribution in [3.05, 3.63) is 48.0 Å². The molecule has 1 saturated heterocycles. The van der Waals surface area contributed by atoms with Gasteiger partial charge >= 0.3 is 0 Å². The van der Waals surface area contributed by atoms with Gasteiger partial charge < -0.3 is 19.7 Å². The molecule has 1 aromatic heterocycles. The summed E-state index contributed by atoms with van der Waals surface area (Å²) in [6, 6.07) is 12.8. The highest BCUT2D eigenvalue weighted by Gasteiger charge is 2.22. The van der Waals surface area contributed by atoms with Gasteiger partial charge in [0, 0.05) is 13.1 Å². The molecular formula is C21H22N4O3. The van der Waals surface area contributed by atoms with Gasteiger partial charge in [0.25, 0.3) is 5.91 Å². The van der Waals surface area contributed by atoms with Gasteiger partial charge in [0.05, 0.1) is 30.8 Å². The molecule has 3 aromatic rings. The Hall–Kier alpha value is -3.35. The molecule has 28 heavy (non-hydrogen) atoms. The highest BCUT2D eigenvalue weighted by Crippen LogP contribution is 2.30. The van der Waals surface area contributed by atoms with Crippen molar-refractivity contribution >= 4 is 28.6 Å². The van der Waals surface area contributed by atoms with Crippen molar-refractivity contribution in [2.45, 2.75) is 12.8 Å². The maximum Gasteiger partial charge on any atom is 0.260 e. The van der Waals surface area contributed by atoms with Gasteiger partial charge in [-0.25, -0.2) is 9.97 Å². The van der Waals surface area contributed by atoms with Crippen molar-refractivity contribution in [2.75, 3.05) is 37.5 Å². The molecule has 0 unspecified atom stereocenters. The van der Waals surface area contributed by atoms with Crippen LogP contribution in [0.4, 0.5) is 11.6 Å². The summed E-state index contributed by atoms with van der Waals surface area (Å²) in [5, 5.41) is 2.93. The zero-order valence-electron chi connectivity index (χ0n) is 15.9. The first-order valence-corrected chi connectivity index (χ1v) is 9.24. The smallest absolute Gasteiger partial charge is 0.260 e. The van der Waals surface area contributed by atoms with Gasteiger partial charge in [0.1, 0.15) is 11.5 Å². The Morgan fingerprint density at radius 3 is 2.39 bits per heavy atom.